The van der Waals surface area contributed by atoms with Crippen molar-refractivity contribution in [2.45, 2.75) is 44.8 Å². The van der Waals surface area contributed by atoms with Gasteiger partial charge in [-0.1, -0.05) is 21.6 Å². The minimum atomic E-state index is -0.604. The number of hydrogen-bond acceptors (Lipinski definition) is 10. The zero-order valence-corrected chi connectivity index (χ0v) is 32.5. The molecule has 0 fully saturated rings. The van der Waals surface area contributed by atoms with Crippen LogP contribution < -0.4 is 15.0 Å². The smallest absolute Gasteiger partial charge is 0.408 e. The fourth-order valence-electron chi connectivity index (χ4n) is 6.45. The number of H-pyrrole nitrogens is 2. The van der Waals surface area contributed by atoms with Crippen LogP contribution in [0.5, 0.6) is 5.75 Å². The molecule has 284 valence electrons. The number of nitro groups is 1. The zero-order valence-electron chi connectivity index (χ0n) is 30.1. The second kappa shape index (κ2) is 15.4. The van der Waals surface area contributed by atoms with Gasteiger partial charge in [-0.15, -0.1) is 11.6 Å². The van der Waals surface area contributed by atoms with E-state index in [-0.39, 0.29) is 60.4 Å². The number of nitro benzene ring substituents is 1. The van der Waals surface area contributed by atoms with Crippen LogP contribution in [0.2, 0.25) is 0 Å². The third-order valence-electron chi connectivity index (χ3n) is 9.36. The van der Waals surface area contributed by atoms with E-state index in [1.165, 1.54) is 38.6 Å². The van der Waals surface area contributed by atoms with Crippen LogP contribution in [0.4, 0.5) is 16.2 Å². The summed E-state index contributed by atoms with van der Waals surface area (Å²) in [6.45, 7) is 8.11. The van der Waals surface area contributed by atoms with Gasteiger partial charge in [0, 0.05) is 101 Å². The number of aryl methyl sites for hydroxylation is 2. The number of imide groups is 1. The maximum absolute atomic E-state index is 14.1. The summed E-state index contributed by atoms with van der Waals surface area (Å²) in [5, 5.41) is 15.3. The van der Waals surface area contributed by atoms with E-state index in [2.05, 4.69) is 15.3 Å². The van der Waals surface area contributed by atoms with Gasteiger partial charge in [0.2, 0.25) is 5.91 Å². The molecule has 2 aromatic carbocycles. The van der Waals surface area contributed by atoms with Gasteiger partial charge in [-0.2, -0.15) is 0 Å². The molecule has 6 rings (SSSR count). The third-order valence-corrected chi connectivity index (χ3v) is 13.0. The van der Waals surface area contributed by atoms with Crippen molar-refractivity contribution in [3.8, 4) is 5.75 Å². The van der Waals surface area contributed by atoms with Crippen LogP contribution >= 0.6 is 33.2 Å². The number of aromatic amines is 2. The standard InChI is InChI=1S/C36H38ClN7O8S2/c1-19-20(2)39-33-27(52-35(49)41(5)10-11-53-54-36(3,4)15-28(45)38-18-43-29(46)8-9-30(43)47)14-26-32(31(19)33)22(16-37)17-42(26)34(48)25-13-21-12-23(44(50)51)6-7-24(21)40-25/h6-9,12-14,22,39-40H,10-11,15-18H2,1-5H3,(H,38,45)/t22-/m1/s1. The van der Waals surface area contributed by atoms with Gasteiger partial charge >= 0.3 is 6.09 Å². The first-order valence-corrected chi connectivity index (χ1v) is 19.8. The fraction of sp³-hybridized carbons (Fsp3) is 0.361. The number of carbonyl (C=O) groups excluding carboxylic acids is 5. The summed E-state index contributed by atoms with van der Waals surface area (Å²) in [4.78, 5) is 84.7. The van der Waals surface area contributed by atoms with Gasteiger partial charge in [0.25, 0.3) is 23.4 Å². The number of amides is 5. The maximum Gasteiger partial charge on any atom is 0.415 e. The van der Waals surface area contributed by atoms with Crippen LogP contribution in [0.3, 0.4) is 0 Å². The molecule has 4 heterocycles. The van der Waals surface area contributed by atoms with Gasteiger partial charge in [-0.25, -0.2) is 4.79 Å². The molecule has 0 radical (unpaired) electrons. The Morgan fingerprint density at radius 2 is 1.85 bits per heavy atom. The molecule has 0 unspecified atom stereocenters. The third kappa shape index (κ3) is 7.79. The molecule has 0 aliphatic carbocycles. The highest BCUT2D eigenvalue weighted by Gasteiger charge is 2.37. The lowest BCUT2D eigenvalue weighted by atomic mass is 9.96. The van der Waals surface area contributed by atoms with Gasteiger partial charge in [0.15, 0.2) is 5.75 Å². The molecule has 54 heavy (non-hydrogen) atoms. The molecular weight excluding hydrogens is 758 g/mol. The minimum absolute atomic E-state index is 0.0839. The molecule has 0 saturated heterocycles. The minimum Gasteiger partial charge on any atom is -0.408 e. The summed E-state index contributed by atoms with van der Waals surface area (Å²) >= 11 is 6.49. The van der Waals surface area contributed by atoms with Crippen molar-refractivity contribution in [1.82, 2.24) is 25.1 Å². The number of nitrogens with one attached hydrogen (secondary N) is 3. The molecule has 0 saturated carbocycles. The first-order valence-electron chi connectivity index (χ1n) is 16.9. The van der Waals surface area contributed by atoms with E-state index in [4.69, 9.17) is 16.3 Å². The first kappa shape index (κ1) is 38.7. The number of carbonyl (C=O) groups is 5. The van der Waals surface area contributed by atoms with Crippen LogP contribution in [0.1, 0.15) is 53.5 Å². The number of ether oxygens (including phenoxy) is 1. The largest absolute Gasteiger partial charge is 0.415 e. The number of non-ortho nitro benzene ring substituents is 1. The Morgan fingerprint density at radius 3 is 2.54 bits per heavy atom. The van der Waals surface area contributed by atoms with Gasteiger partial charge in [-0.05, 0) is 51.0 Å². The maximum atomic E-state index is 14.1. The number of fused-ring (bicyclic) bond motifs is 4. The van der Waals surface area contributed by atoms with E-state index in [9.17, 15) is 34.1 Å². The van der Waals surface area contributed by atoms with Crippen molar-refractivity contribution in [2.24, 2.45) is 0 Å². The molecule has 2 aliphatic heterocycles. The van der Waals surface area contributed by atoms with Crippen molar-refractivity contribution < 1.29 is 33.6 Å². The van der Waals surface area contributed by atoms with Crippen LogP contribution in [0.25, 0.3) is 21.8 Å². The van der Waals surface area contributed by atoms with E-state index >= 15 is 0 Å². The number of rotatable bonds is 13. The number of nitrogens with zero attached hydrogens (tertiary/aromatic N) is 4. The lowest BCUT2D eigenvalue weighted by molar-refractivity contribution is -0.384. The summed E-state index contributed by atoms with van der Waals surface area (Å²) in [6, 6.07) is 7.62. The van der Waals surface area contributed by atoms with Crippen molar-refractivity contribution in [1.29, 1.82) is 0 Å². The fourth-order valence-corrected chi connectivity index (χ4v) is 9.25. The Hall–Kier alpha value is -5.00. The van der Waals surface area contributed by atoms with Crippen molar-refractivity contribution in [3.05, 3.63) is 75.1 Å². The number of anilines is 1. The number of halogens is 1. The van der Waals surface area contributed by atoms with Crippen molar-refractivity contribution in [2.75, 3.05) is 43.3 Å². The predicted molar refractivity (Wildman–Crippen MR) is 209 cm³/mol. The van der Waals surface area contributed by atoms with Gasteiger partial charge in [0.1, 0.15) is 12.4 Å². The van der Waals surface area contributed by atoms with Crippen LogP contribution in [-0.2, 0) is 14.4 Å². The van der Waals surface area contributed by atoms with E-state index in [1.54, 1.807) is 30.1 Å². The molecule has 4 aromatic rings. The summed E-state index contributed by atoms with van der Waals surface area (Å²) in [6.07, 6.45) is 1.86. The highest BCUT2D eigenvalue weighted by molar-refractivity contribution is 8.77. The monoisotopic (exact) mass is 795 g/mol. The molecule has 18 heteroatoms. The van der Waals surface area contributed by atoms with Crippen LogP contribution in [-0.4, -0.2) is 97.6 Å². The predicted octanol–water partition coefficient (Wildman–Crippen LogP) is 6.14. The average molecular weight is 796 g/mol. The molecule has 0 spiro atoms. The molecule has 0 bridgehead atoms. The lowest BCUT2D eigenvalue weighted by Crippen LogP contribution is -2.42. The summed E-state index contributed by atoms with van der Waals surface area (Å²) in [5.41, 5.74) is 4.61. The lowest BCUT2D eigenvalue weighted by Gasteiger charge is -2.24. The number of aromatic nitrogens is 2. The second-order valence-electron chi connectivity index (χ2n) is 13.7. The molecular formula is C36H38ClN7O8S2. The molecule has 1 atom stereocenters. The number of hydrogen-bond donors (Lipinski definition) is 3. The SMILES string of the molecule is Cc1[nH]c2c(OC(=O)N(C)CCSSC(C)(C)CC(=O)NCN3C(=O)C=CC3=O)cc3c(c2c1C)[C@H](CCl)CN3C(=O)c1cc2cc([N+](=O)[O-])ccc2[nH]1. The molecule has 2 aliphatic rings. The Balaban J connectivity index is 1.13. The Bertz CT molecular complexity index is 2230. The topological polar surface area (TPSA) is 191 Å². The molecule has 15 nitrogen and oxygen atoms in total. The van der Waals surface area contributed by atoms with Gasteiger partial charge in [0.05, 0.1) is 16.1 Å². The van der Waals surface area contributed by atoms with E-state index in [0.717, 1.165) is 39.3 Å². The summed E-state index contributed by atoms with van der Waals surface area (Å²) < 4.78 is 5.51. The van der Waals surface area contributed by atoms with E-state index < -0.39 is 27.6 Å². The molecule has 5 amide bonds. The summed E-state index contributed by atoms with van der Waals surface area (Å²) in [7, 11) is 4.59. The number of benzene rings is 2. The van der Waals surface area contributed by atoms with E-state index in [0.29, 0.717) is 34.4 Å². The van der Waals surface area contributed by atoms with Crippen LogP contribution in [0, 0.1) is 24.0 Å². The Morgan fingerprint density at radius 1 is 1.13 bits per heavy atom. The Kier molecular flexibility index (Phi) is 11.0. The quantitative estimate of drug-likeness (QED) is 0.0354. The molecule has 3 N–H and O–H groups in total. The molecule has 2 aromatic heterocycles. The average Bonchev–Trinajstić information content (AvgIpc) is 3.88. The van der Waals surface area contributed by atoms with E-state index in [1.807, 2.05) is 27.7 Å². The summed E-state index contributed by atoms with van der Waals surface area (Å²) in [5.74, 6) is -0.791. The highest BCUT2D eigenvalue weighted by Crippen LogP contribution is 2.48. The second-order valence-corrected chi connectivity index (χ2v) is 17.2. The van der Waals surface area contributed by atoms with Gasteiger partial charge < -0.3 is 29.8 Å². The van der Waals surface area contributed by atoms with Crippen molar-refractivity contribution >= 4 is 96.1 Å². The first-order chi connectivity index (χ1) is 25.6. The van der Waals surface area contributed by atoms with Gasteiger partial charge in [-0.3, -0.25) is 34.2 Å². The van der Waals surface area contributed by atoms with Crippen LogP contribution in [0.15, 0.2) is 42.5 Å². The highest BCUT2D eigenvalue weighted by atomic mass is 35.5. The normalized spacial score (nSPS) is 15.4. The Labute approximate surface area is 322 Å². The number of alkyl halides is 1. The zero-order chi connectivity index (χ0) is 39.1. The van der Waals surface area contributed by atoms with Crippen molar-refractivity contribution in [3.63, 3.8) is 0 Å².